The molecule has 146 valence electrons. The molecule has 1 saturated carbocycles. The van der Waals surface area contributed by atoms with E-state index < -0.39 is 38.6 Å². The second kappa shape index (κ2) is 7.00. The molecular formula is C13H20F2O9S. The molecule has 0 atom stereocenters. The van der Waals surface area contributed by atoms with Gasteiger partial charge in [0, 0.05) is 12.8 Å². The summed E-state index contributed by atoms with van der Waals surface area (Å²) in [4.78, 5) is 11.3. The lowest BCUT2D eigenvalue weighted by Gasteiger charge is -2.47. The third kappa shape index (κ3) is 4.09. The summed E-state index contributed by atoms with van der Waals surface area (Å²) in [5.41, 5.74) is -0.911. The van der Waals surface area contributed by atoms with Crippen molar-refractivity contribution in [3.63, 3.8) is 0 Å². The minimum Gasteiger partial charge on any atom is -0.457 e. The molecule has 2 aliphatic rings. The zero-order valence-electron chi connectivity index (χ0n) is 13.2. The number of aliphatic hydroxyl groups excluding tert-OH is 2. The normalized spacial score (nSPS) is 24.2. The van der Waals surface area contributed by atoms with Crippen molar-refractivity contribution in [2.24, 2.45) is 5.41 Å². The van der Waals surface area contributed by atoms with E-state index in [0.717, 1.165) is 0 Å². The summed E-state index contributed by atoms with van der Waals surface area (Å²) in [5.74, 6) is -3.36. The van der Waals surface area contributed by atoms with Crippen molar-refractivity contribution >= 4 is 16.1 Å². The van der Waals surface area contributed by atoms with Gasteiger partial charge in [0.15, 0.2) is 5.79 Å². The van der Waals surface area contributed by atoms with E-state index >= 15 is 0 Å². The minimum absolute atomic E-state index is 0.0469. The van der Waals surface area contributed by atoms with Crippen LogP contribution < -0.4 is 0 Å². The SMILES string of the molecule is O=C(OC1CCC2(CC1)OCC(CO)(CO)CO2)C(F)(F)S(=O)(=O)O. The molecule has 12 heteroatoms. The number of hydrogen-bond acceptors (Lipinski definition) is 8. The number of carbonyl (C=O) groups is 1. The zero-order valence-corrected chi connectivity index (χ0v) is 14.0. The Morgan fingerprint density at radius 2 is 1.64 bits per heavy atom. The Morgan fingerprint density at radius 3 is 2.04 bits per heavy atom. The van der Waals surface area contributed by atoms with Gasteiger partial charge in [0.1, 0.15) is 6.10 Å². The number of alkyl halides is 2. The average Bonchev–Trinajstić information content (AvgIpc) is 2.57. The Balaban J connectivity index is 1.90. The van der Waals surface area contributed by atoms with Gasteiger partial charge in [-0.3, -0.25) is 4.55 Å². The molecule has 1 aliphatic carbocycles. The number of carbonyl (C=O) groups excluding carboxylic acids is 1. The number of hydrogen-bond donors (Lipinski definition) is 3. The third-order valence-electron chi connectivity index (χ3n) is 4.48. The number of esters is 1. The van der Waals surface area contributed by atoms with Gasteiger partial charge in [0.05, 0.1) is 31.8 Å². The first kappa shape index (κ1) is 20.4. The highest BCUT2D eigenvalue weighted by Gasteiger charge is 2.55. The van der Waals surface area contributed by atoms with Crippen LogP contribution in [0.1, 0.15) is 25.7 Å². The van der Waals surface area contributed by atoms with E-state index in [9.17, 15) is 32.2 Å². The zero-order chi connectivity index (χ0) is 18.9. The topological polar surface area (TPSA) is 140 Å². The van der Waals surface area contributed by atoms with E-state index in [1.807, 2.05) is 0 Å². The molecule has 3 N–H and O–H groups in total. The highest BCUT2D eigenvalue weighted by molar-refractivity contribution is 7.87. The van der Waals surface area contributed by atoms with Crippen LogP contribution in [0, 0.1) is 5.41 Å². The Hall–Kier alpha value is -0.920. The first-order valence-electron chi connectivity index (χ1n) is 7.55. The van der Waals surface area contributed by atoms with Gasteiger partial charge in [-0.25, -0.2) is 4.79 Å². The summed E-state index contributed by atoms with van der Waals surface area (Å²) in [6, 6.07) is 0. The molecule has 9 nitrogen and oxygen atoms in total. The fourth-order valence-electron chi connectivity index (χ4n) is 2.65. The maximum absolute atomic E-state index is 13.2. The van der Waals surface area contributed by atoms with Gasteiger partial charge in [-0.2, -0.15) is 17.2 Å². The van der Waals surface area contributed by atoms with Gasteiger partial charge in [-0.1, -0.05) is 0 Å². The van der Waals surface area contributed by atoms with Crippen molar-refractivity contribution in [3.05, 3.63) is 0 Å². The smallest absolute Gasteiger partial charge is 0.457 e. The number of halogens is 2. The summed E-state index contributed by atoms with van der Waals surface area (Å²) < 4.78 is 71.5. The van der Waals surface area contributed by atoms with Gasteiger partial charge >= 0.3 is 21.3 Å². The summed E-state index contributed by atoms with van der Waals surface area (Å²) in [6.07, 6.45) is -0.429. The minimum atomic E-state index is -5.90. The van der Waals surface area contributed by atoms with E-state index in [4.69, 9.17) is 14.0 Å². The van der Waals surface area contributed by atoms with Crippen LogP contribution in [0.15, 0.2) is 0 Å². The van der Waals surface area contributed by atoms with E-state index in [-0.39, 0.29) is 52.1 Å². The highest BCUT2D eigenvalue weighted by atomic mass is 32.2. The van der Waals surface area contributed by atoms with Crippen molar-refractivity contribution in [2.75, 3.05) is 26.4 Å². The number of aliphatic hydroxyl groups is 2. The van der Waals surface area contributed by atoms with Crippen LogP contribution in [0.4, 0.5) is 8.78 Å². The van der Waals surface area contributed by atoms with Gasteiger partial charge in [0.2, 0.25) is 0 Å². The van der Waals surface area contributed by atoms with Crippen LogP contribution in [0.3, 0.4) is 0 Å². The lowest BCUT2D eigenvalue weighted by Crippen LogP contribution is -2.54. The molecule has 1 heterocycles. The van der Waals surface area contributed by atoms with Gasteiger partial charge in [0.25, 0.3) is 0 Å². The molecule has 0 amide bonds. The predicted molar refractivity (Wildman–Crippen MR) is 76.1 cm³/mol. The second-order valence-corrected chi connectivity index (χ2v) is 7.86. The Bertz CT molecular complexity index is 583. The molecule has 0 aromatic heterocycles. The van der Waals surface area contributed by atoms with Crippen LogP contribution in [-0.4, -0.2) is 72.7 Å². The predicted octanol–water partition coefficient (Wildman–Crippen LogP) is -0.333. The number of rotatable bonds is 5. The van der Waals surface area contributed by atoms with E-state index in [1.165, 1.54) is 0 Å². The number of ether oxygens (including phenoxy) is 3. The average molecular weight is 390 g/mol. The maximum atomic E-state index is 13.2. The lowest BCUT2D eigenvalue weighted by atomic mass is 9.87. The van der Waals surface area contributed by atoms with E-state index in [1.54, 1.807) is 0 Å². The van der Waals surface area contributed by atoms with E-state index in [0.29, 0.717) is 0 Å². The summed E-state index contributed by atoms with van der Waals surface area (Å²) in [5, 5.41) is 13.6. The largest absolute Gasteiger partial charge is 0.465 e. The lowest BCUT2D eigenvalue weighted by molar-refractivity contribution is -0.326. The molecule has 0 radical (unpaired) electrons. The molecule has 2 fully saturated rings. The summed E-state index contributed by atoms with van der Waals surface area (Å²) in [7, 11) is -5.90. The molecule has 1 saturated heterocycles. The summed E-state index contributed by atoms with van der Waals surface area (Å²) >= 11 is 0. The fraction of sp³-hybridized carbons (Fsp3) is 0.923. The quantitative estimate of drug-likeness (QED) is 0.425. The van der Waals surface area contributed by atoms with Crippen molar-refractivity contribution < 1.29 is 51.0 Å². The van der Waals surface area contributed by atoms with Crippen LogP contribution in [-0.2, 0) is 29.1 Å². The molecule has 0 unspecified atom stereocenters. The molecule has 0 bridgehead atoms. The second-order valence-electron chi connectivity index (χ2n) is 6.40. The summed E-state index contributed by atoms with van der Waals surface area (Å²) in [6.45, 7) is -0.564. The fourth-order valence-corrected chi connectivity index (χ4v) is 2.91. The highest BCUT2D eigenvalue weighted by Crippen LogP contribution is 2.40. The monoisotopic (exact) mass is 390 g/mol. The van der Waals surface area contributed by atoms with Gasteiger partial charge < -0.3 is 24.4 Å². The van der Waals surface area contributed by atoms with Crippen molar-refractivity contribution in [2.45, 2.75) is 42.8 Å². The van der Waals surface area contributed by atoms with Crippen LogP contribution in [0.5, 0.6) is 0 Å². The molecule has 1 spiro atoms. The maximum Gasteiger partial charge on any atom is 0.465 e. The van der Waals surface area contributed by atoms with Gasteiger partial charge in [-0.05, 0) is 12.8 Å². The molecule has 0 aromatic rings. The van der Waals surface area contributed by atoms with Crippen molar-refractivity contribution in [3.8, 4) is 0 Å². The Labute approximate surface area is 142 Å². The Kier molecular flexibility index (Phi) is 5.71. The molecule has 25 heavy (non-hydrogen) atoms. The van der Waals surface area contributed by atoms with Gasteiger partial charge in [-0.15, -0.1) is 0 Å². The standard InChI is InChI=1S/C13H20F2O9S/c14-13(15,25(19,20)21)10(18)24-9-1-3-12(4-2-9)22-7-11(5-16,6-17)8-23-12/h9,16-17H,1-8H2,(H,19,20,21). The Morgan fingerprint density at radius 1 is 1.16 bits per heavy atom. The van der Waals surface area contributed by atoms with Crippen LogP contribution in [0.25, 0.3) is 0 Å². The first-order chi connectivity index (χ1) is 11.5. The van der Waals surface area contributed by atoms with Crippen molar-refractivity contribution in [1.82, 2.24) is 0 Å². The van der Waals surface area contributed by atoms with E-state index in [2.05, 4.69) is 4.74 Å². The van der Waals surface area contributed by atoms with Crippen molar-refractivity contribution in [1.29, 1.82) is 0 Å². The molecule has 0 aromatic carbocycles. The third-order valence-corrected chi connectivity index (χ3v) is 5.30. The molecule has 1 aliphatic heterocycles. The van der Waals surface area contributed by atoms with Crippen LogP contribution in [0.2, 0.25) is 0 Å². The van der Waals surface area contributed by atoms with Crippen LogP contribution >= 0.6 is 0 Å². The first-order valence-corrected chi connectivity index (χ1v) is 8.99. The molecule has 2 rings (SSSR count). The molecular weight excluding hydrogens is 370 g/mol.